The predicted octanol–water partition coefficient (Wildman–Crippen LogP) is 1.88. The number of nitrogens with one attached hydrogen (secondary N) is 1. The molecule has 1 atom stereocenters. The number of nitrogens with zero attached hydrogens (tertiary/aromatic N) is 3. The molecule has 0 unspecified atom stereocenters. The van der Waals surface area contributed by atoms with E-state index in [1.807, 2.05) is 18.2 Å². The van der Waals surface area contributed by atoms with Crippen LogP contribution in [0.2, 0.25) is 0 Å². The summed E-state index contributed by atoms with van der Waals surface area (Å²) in [7, 11) is 2.99. The Labute approximate surface area is 140 Å². The highest BCUT2D eigenvalue weighted by molar-refractivity contribution is 5.93. The minimum absolute atomic E-state index is 0.163. The molecule has 1 aromatic carbocycles. The van der Waals surface area contributed by atoms with Gasteiger partial charge in [-0.25, -0.2) is 0 Å². The van der Waals surface area contributed by atoms with E-state index in [9.17, 15) is 4.79 Å². The highest BCUT2D eigenvalue weighted by Crippen LogP contribution is 2.31. The van der Waals surface area contributed by atoms with Gasteiger partial charge in [0.05, 0.1) is 26.8 Å². The van der Waals surface area contributed by atoms with Crippen LogP contribution in [0.25, 0.3) is 0 Å². The van der Waals surface area contributed by atoms with Crippen LogP contribution < -0.4 is 19.7 Å². The van der Waals surface area contributed by atoms with E-state index in [0.29, 0.717) is 11.8 Å². The molecule has 24 heavy (non-hydrogen) atoms. The summed E-state index contributed by atoms with van der Waals surface area (Å²) in [5, 5.41) is 2.71. The first kappa shape index (κ1) is 16.0. The third-order valence-corrected chi connectivity index (χ3v) is 4.01. The summed E-state index contributed by atoms with van der Waals surface area (Å²) in [6.07, 6.45) is 0.937. The summed E-state index contributed by atoms with van der Waals surface area (Å²) in [5.41, 5.74) is 2.36. The monoisotopic (exact) mass is 328 g/mol. The number of ether oxygens (including phenoxy) is 2. The first-order chi connectivity index (χ1) is 11.6. The smallest absolute Gasteiger partial charge is 0.246 e. The van der Waals surface area contributed by atoms with E-state index in [2.05, 4.69) is 33.2 Å². The quantitative estimate of drug-likeness (QED) is 0.903. The molecule has 126 valence electrons. The summed E-state index contributed by atoms with van der Waals surface area (Å²) < 4.78 is 10.2. The van der Waals surface area contributed by atoms with Gasteiger partial charge < -0.3 is 14.4 Å². The Hall–Kier alpha value is -2.83. The number of para-hydroxylation sites is 1. The fourth-order valence-corrected chi connectivity index (χ4v) is 2.86. The molecular formula is C17H20N4O3. The number of amides is 1. The third kappa shape index (κ3) is 3.24. The van der Waals surface area contributed by atoms with E-state index in [1.54, 1.807) is 6.07 Å². The minimum Gasteiger partial charge on any atom is -0.481 e. The molecule has 1 N–H and O–H groups in total. The van der Waals surface area contributed by atoms with Gasteiger partial charge in [0.15, 0.2) is 0 Å². The molecule has 0 aliphatic carbocycles. The normalized spacial score (nSPS) is 15.8. The van der Waals surface area contributed by atoms with Crippen LogP contribution in [0.3, 0.4) is 0 Å². The van der Waals surface area contributed by atoms with Gasteiger partial charge in [-0.2, -0.15) is 9.97 Å². The van der Waals surface area contributed by atoms with E-state index < -0.39 is 0 Å². The van der Waals surface area contributed by atoms with Crippen LogP contribution in [0.15, 0.2) is 30.3 Å². The van der Waals surface area contributed by atoms with E-state index >= 15 is 0 Å². The van der Waals surface area contributed by atoms with Gasteiger partial charge in [0.2, 0.25) is 23.6 Å². The molecule has 2 heterocycles. The Morgan fingerprint density at radius 3 is 2.58 bits per heavy atom. The van der Waals surface area contributed by atoms with Crippen molar-refractivity contribution in [1.82, 2.24) is 9.97 Å². The number of aromatic nitrogens is 2. The molecule has 0 saturated heterocycles. The van der Waals surface area contributed by atoms with Gasteiger partial charge in [0, 0.05) is 11.7 Å². The average Bonchev–Trinajstić information content (AvgIpc) is 2.90. The van der Waals surface area contributed by atoms with E-state index in [4.69, 9.17) is 9.47 Å². The van der Waals surface area contributed by atoms with Gasteiger partial charge in [0.25, 0.3) is 0 Å². The molecule has 0 spiro atoms. The number of anilines is 2. The fraction of sp³-hybridized carbons (Fsp3) is 0.353. The Bertz CT molecular complexity index is 728. The summed E-state index contributed by atoms with van der Waals surface area (Å²) in [6, 6.07) is 9.96. The topological polar surface area (TPSA) is 76.6 Å². The van der Waals surface area contributed by atoms with Crippen LogP contribution in [-0.2, 0) is 11.2 Å². The number of rotatable bonds is 5. The SMILES string of the molecule is COc1cc(OC)nc(NC(=O)CN2c3ccccc3C[C@H]2C)n1. The average molecular weight is 328 g/mol. The molecule has 0 saturated carbocycles. The number of hydrogen-bond acceptors (Lipinski definition) is 6. The van der Waals surface area contributed by atoms with Crippen molar-refractivity contribution in [2.75, 3.05) is 31.0 Å². The molecule has 7 heteroatoms. The van der Waals surface area contributed by atoms with Crippen molar-refractivity contribution in [2.24, 2.45) is 0 Å². The van der Waals surface area contributed by atoms with Crippen LogP contribution >= 0.6 is 0 Å². The van der Waals surface area contributed by atoms with E-state index in [0.717, 1.165) is 12.1 Å². The Morgan fingerprint density at radius 2 is 1.92 bits per heavy atom. The van der Waals surface area contributed by atoms with Crippen molar-refractivity contribution in [1.29, 1.82) is 0 Å². The highest BCUT2D eigenvalue weighted by atomic mass is 16.5. The van der Waals surface area contributed by atoms with Crippen molar-refractivity contribution in [3.63, 3.8) is 0 Å². The highest BCUT2D eigenvalue weighted by Gasteiger charge is 2.27. The molecule has 0 radical (unpaired) electrons. The van der Waals surface area contributed by atoms with Gasteiger partial charge in [-0.1, -0.05) is 18.2 Å². The summed E-state index contributed by atoms with van der Waals surface area (Å²) in [6.45, 7) is 2.35. The third-order valence-electron chi connectivity index (χ3n) is 4.01. The zero-order valence-electron chi connectivity index (χ0n) is 13.9. The molecule has 1 aromatic heterocycles. The lowest BCUT2D eigenvalue weighted by Crippen LogP contribution is -2.37. The lowest BCUT2D eigenvalue weighted by molar-refractivity contribution is -0.115. The maximum Gasteiger partial charge on any atom is 0.246 e. The predicted molar refractivity (Wildman–Crippen MR) is 90.7 cm³/mol. The van der Waals surface area contributed by atoms with E-state index in [1.165, 1.54) is 19.8 Å². The number of fused-ring (bicyclic) bond motifs is 1. The van der Waals surface area contributed by atoms with Gasteiger partial charge in [-0.3, -0.25) is 10.1 Å². The standard InChI is InChI=1S/C17H20N4O3/c1-11-8-12-6-4-5-7-13(12)21(11)10-14(22)18-17-19-15(23-2)9-16(20-17)24-3/h4-7,9,11H,8,10H2,1-3H3,(H,18,19,20,22)/t11-/m1/s1. The van der Waals surface area contributed by atoms with Crippen LogP contribution in [-0.4, -0.2) is 42.7 Å². The molecule has 2 aromatic rings. The maximum absolute atomic E-state index is 12.4. The largest absolute Gasteiger partial charge is 0.481 e. The second-order valence-corrected chi connectivity index (χ2v) is 5.63. The number of benzene rings is 1. The van der Waals surface area contributed by atoms with Crippen LogP contribution in [0.5, 0.6) is 11.8 Å². The van der Waals surface area contributed by atoms with Crippen molar-refractivity contribution in [2.45, 2.75) is 19.4 Å². The minimum atomic E-state index is -0.186. The summed E-state index contributed by atoms with van der Waals surface area (Å²) in [4.78, 5) is 22.7. The first-order valence-corrected chi connectivity index (χ1v) is 7.72. The van der Waals surface area contributed by atoms with Crippen LogP contribution in [0.1, 0.15) is 12.5 Å². The van der Waals surface area contributed by atoms with Gasteiger partial charge in [-0.05, 0) is 25.0 Å². The zero-order chi connectivity index (χ0) is 17.1. The van der Waals surface area contributed by atoms with Crippen molar-refractivity contribution < 1.29 is 14.3 Å². The number of carbonyl (C=O) groups excluding carboxylic acids is 1. The van der Waals surface area contributed by atoms with E-state index in [-0.39, 0.29) is 24.4 Å². The number of methoxy groups -OCH3 is 2. The fourth-order valence-electron chi connectivity index (χ4n) is 2.86. The first-order valence-electron chi connectivity index (χ1n) is 7.72. The Kier molecular flexibility index (Phi) is 4.50. The van der Waals surface area contributed by atoms with Crippen molar-refractivity contribution in [3.8, 4) is 11.8 Å². The number of hydrogen-bond donors (Lipinski definition) is 1. The van der Waals surface area contributed by atoms with Gasteiger partial charge in [-0.15, -0.1) is 0 Å². The molecule has 7 nitrogen and oxygen atoms in total. The van der Waals surface area contributed by atoms with Crippen molar-refractivity contribution in [3.05, 3.63) is 35.9 Å². The molecule has 3 rings (SSSR count). The van der Waals surface area contributed by atoms with Crippen LogP contribution in [0.4, 0.5) is 11.6 Å². The lowest BCUT2D eigenvalue weighted by atomic mass is 10.1. The second kappa shape index (κ2) is 6.74. The lowest BCUT2D eigenvalue weighted by Gasteiger charge is -2.24. The second-order valence-electron chi connectivity index (χ2n) is 5.63. The zero-order valence-corrected chi connectivity index (χ0v) is 13.9. The summed E-state index contributed by atoms with van der Waals surface area (Å²) >= 11 is 0. The van der Waals surface area contributed by atoms with Gasteiger partial charge in [0.1, 0.15) is 0 Å². The Balaban J connectivity index is 1.72. The summed E-state index contributed by atoms with van der Waals surface area (Å²) in [5.74, 6) is 0.638. The van der Waals surface area contributed by atoms with Crippen LogP contribution in [0, 0.1) is 0 Å². The van der Waals surface area contributed by atoms with Gasteiger partial charge >= 0.3 is 0 Å². The molecule has 1 aliphatic rings. The van der Waals surface area contributed by atoms with Crippen molar-refractivity contribution >= 4 is 17.5 Å². The molecule has 1 aliphatic heterocycles. The number of carbonyl (C=O) groups is 1. The Morgan fingerprint density at radius 1 is 1.25 bits per heavy atom. The molecule has 0 bridgehead atoms. The maximum atomic E-state index is 12.4. The molecule has 1 amide bonds. The molecule has 0 fully saturated rings. The molecular weight excluding hydrogens is 308 g/mol.